The van der Waals surface area contributed by atoms with Crippen LogP contribution in [-0.4, -0.2) is 19.8 Å². The molecule has 1 fully saturated rings. The van der Waals surface area contributed by atoms with Crippen molar-refractivity contribution < 1.29 is 4.21 Å². The molecule has 0 spiro atoms. The van der Waals surface area contributed by atoms with Crippen molar-refractivity contribution in [2.45, 2.75) is 51.3 Å². The van der Waals surface area contributed by atoms with Crippen LogP contribution >= 0.6 is 0 Å². The van der Waals surface area contributed by atoms with E-state index < -0.39 is 11.0 Å². The molecular weight excluding hydrogens is 242 g/mol. The zero-order chi connectivity index (χ0) is 13.3. The van der Waals surface area contributed by atoms with E-state index in [2.05, 4.69) is 35.5 Å². The molecule has 18 heavy (non-hydrogen) atoms. The largest absolute Gasteiger partial charge is 0.242 e. The number of aryl methyl sites for hydroxylation is 1. The molecule has 0 saturated carbocycles. The van der Waals surface area contributed by atoms with Crippen LogP contribution in [0.3, 0.4) is 0 Å². The summed E-state index contributed by atoms with van der Waals surface area (Å²) in [7, 11) is -0.915. The molecule has 1 saturated heterocycles. The van der Waals surface area contributed by atoms with E-state index >= 15 is 0 Å². The van der Waals surface area contributed by atoms with Crippen LogP contribution in [0.1, 0.15) is 50.8 Å². The Kier molecular flexibility index (Phi) is 3.93. The van der Waals surface area contributed by atoms with Crippen molar-refractivity contribution in [3.8, 4) is 0 Å². The summed E-state index contributed by atoms with van der Waals surface area (Å²) in [5.41, 5.74) is 2.58. The molecule has 1 aliphatic rings. The highest BCUT2D eigenvalue weighted by Gasteiger charge is 2.35. The first-order valence-electron chi connectivity index (χ1n) is 6.65. The predicted octanol–water partition coefficient (Wildman–Crippen LogP) is 3.59. The molecular formula is C15H23NOS. The van der Waals surface area contributed by atoms with Crippen molar-refractivity contribution in [2.24, 2.45) is 0 Å². The van der Waals surface area contributed by atoms with Crippen molar-refractivity contribution in [2.75, 3.05) is 6.54 Å². The van der Waals surface area contributed by atoms with Crippen molar-refractivity contribution in [1.82, 2.24) is 4.31 Å². The topological polar surface area (TPSA) is 20.3 Å². The predicted molar refractivity (Wildman–Crippen MR) is 77.8 cm³/mol. The highest BCUT2D eigenvalue weighted by Crippen LogP contribution is 2.35. The lowest BCUT2D eigenvalue weighted by molar-refractivity contribution is 0.416. The molecule has 100 valence electrons. The Balaban J connectivity index is 2.22. The maximum absolute atomic E-state index is 12.6. The Bertz CT molecular complexity index is 433. The average molecular weight is 265 g/mol. The Morgan fingerprint density at radius 2 is 1.83 bits per heavy atom. The number of hydrogen-bond acceptors (Lipinski definition) is 1. The van der Waals surface area contributed by atoms with Gasteiger partial charge in [-0.05, 0) is 46.1 Å². The fourth-order valence-corrected chi connectivity index (χ4v) is 3.87. The second kappa shape index (κ2) is 5.14. The molecule has 0 aliphatic carbocycles. The summed E-state index contributed by atoms with van der Waals surface area (Å²) < 4.78 is 14.6. The summed E-state index contributed by atoms with van der Waals surface area (Å²) in [6, 6.07) is 8.97. The molecule has 1 aromatic rings. The lowest BCUT2D eigenvalue weighted by atomic mass is 10.0. The zero-order valence-electron chi connectivity index (χ0n) is 11.8. The van der Waals surface area contributed by atoms with Crippen LogP contribution in [0.2, 0.25) is 0 Å². The van der Waals surface area contributed by atoms with E-state index in [9.17, 15) is 4.21 Å². The molecule has 1 unspecified atom stereocenters. The second-order valence-corrected chi connectivity index (χ2v) is 8.26. The van der Waals surface area contributed by atoms with Crippen LogP contribution in [0.4, 0.5) is 0 Å². The lowest BCUT2D eigenvalue weighted by Gasteiger charge is -2.30. The van der Waals surface area contributed by atoms with Gasteiger partial charge in [0.25, 0.3) is 0 Å². The van der Waals surface area contributed by atoms with E-state index in [-0.39, 0.29) is 4.75 Å². The van der Waals surface area contributed by atoms with E-state index in [4.69, 9.17) is 0 Å². The second-order valence-electron chi connectivity index (χ2n) is 6.07. The van der Waals surface area contributed by atoms with Crippen molar-refractivity contribution in [3.63, 3.8) is 0 Å². The fourth-order valence-electron chi connectivity index (χ4n) is 2.41. The zero-order valence-corrected chi connectivity index (χ0v) is 12.6. The maximum Gasteiger partial charge on any atom is 0.100 e. The SMILES string of the molecule is Cc1ccc([C@H]2CCCN2S(=O)C(C)(C)C)cc1. The van der Waals surface area contributed by atoms with Crippen LogP contribution in [0, 0.1) is 6.92 Å². The lowest BCUT2D eigenvalue weighted by Crippen LogP contribution is -2.37. The molecule has 1 aromatic carbocycles. The monoisotopic (exact) mass is 265 g/mol. The minimum atomic E-state index is -0.915. The normalized spacial score (nSPS) is 23.2. The quantitative estimate of drug-likeness (QED) is 0.800. The van der Waals surface area contributed by atoms with Gasteiger partial charge < -0.3 is 0 Å². The highest BCUT2D eigenvalue weighted by molar-refractivity contribution is 7.84. The van der Waals surface area contributed by atoms with Gasteiger partial charge in [0.15, 0.2) is 0 Å². The number of hydrogen-bond donors (Lipinski definition) is 0. The molecule has 1 aliphatic heterocycles. The minimum absolute atomic E-state index is 0.173. The minimum Gasteiger partial charge on any atom is -0.242 e. The molecule has 1 heterocycles. The maximum atomic E-state index is 12.6. The van der Waals surface area contributed by atoms with Crippen LogP contribution < -0.4 is 0 Å². The van der Waals surface area contributed by atoms with Crippen LogP contribution in [0.15, 0.2) is 24.3 Å². The molecule has 2 atom stereocenters. The van der Waals surface area contributed by atoms with E-state index in [1.54, 1.807) is 0 Å². The van der Waals surface area contributed by atoms with Crippen LogP contribution in [0.5, 0.6) is 0 Å². The van der Waals surface area contributed by atoms with Crippen molar-refractivity contribution in [1.29, 1.82) is 0 Å². The van der Waals surface area contributed by atoms with Gasteiger partial charge in [-0.3, -0.25) is 0 Å². The third-order valence-corrected chi connectivity index (χ3v) is 5.31. The summed E-state index contributed by atoms with van der Waals surface area (Å²) in [5, 5.41) is 0. The average Bonchev–Trinajstić information content (AvgIpc) is 2.76. The van der Waals surface area contributed by atoms with Gasteiger partial charge in [0.05, 0.1) is 4.75 Å². The van der Waals surface area contributed by atoms with E-state index in [0.717, 1.165) is 19.4 Å². The molecule has 0 amide bonds. The Morgan fingerprint density at radius 3 is 2.39 bits per heavy atom. The first kappa shape index (κ1) is 13.8. The summed E-state index contributed by atoms with van der Waals surface area (Å²) in [6.07, 6.45) is 2.26. The van der Waals surface area contributed by atoms with Crippen LogP contribution in [-0.2, 0) is 11.0 Å². The Morgan fingerprint density at radius 1 is 1.22 bits per heavy atom. The van der Waals surface area contributed by atoms with Gasteiger partial charge in [0.1, 0.15) is 11.0 Å². The summed E-state index contributed by atoms with van der Waals surface area (Å²) in [5.74, 6) is 0. The number of benzene rings is 1. The highest BCUT2D eigenvalue weighted by atomic mass is 32.2. The van der Waals surface area contributed by atoms with Crippen molar-refractivity contribution in [3.05, 3.63) is 35.4 Å². The molecule has 2 nitrogen and oxygen atoms in total. The third-order valence-electron chi connectivity index (χ3n) is 3.40. The fraction of sp³-hybridized carbons (Fsp3) is 0.600. The van der Waals surface area contributed by atoms with E-state index in [1.165, 1.54) is 11.1 Å². The molecule has 0 radical (unpaired) electrons. The van der Waals surface area contributed by atoms with Gasteiger partial charge >= 0.3 is 0 Å². The molecule has 3 heteroatoms. The number of rotatable bonds is 2. The number of nitrogens with zero attached hydrogens (tertiary/aromatic N) is 1. The smallest absolute Gasteiger partial charge is 0.100 e. The summed E-state index contributed by atoms with van der Waals surface area (Å²) in [6.45, 7) is 9.20. The van der Waals surface area contributed by atoms with Gasteiger partial charge in [-0.15, -0.1) is 0 Å². The standard InChI is InChI=1S/C15H23NOS/c1-12-7-9-13(10-8-12)14-6-5-11-16(14)18(17)15(2,3)4/h7-10,14H,5-6,11H2,1-4H3/t14-,18?/m1/s1. The molecule has 0 bridgehead atoms. The summed E-state index contributed by atoms with van der Waals surface area (Å²) in [4.78, 5) is 0. The van der Waals surface area contributed by atoms with Crippen LogP contribution in [0.25, 0.3) is 0 Å². The summed E-state index contributed by atoms with van der Waals surface area (Å²) >= 11 is 0. The molecule has 0 N–H and O–H groups in total. The van der Waals surface area contributed by atoms with Gasteiger partial charge in [0, 0.05) is 12.6 Å². The Labute approximate surface area is 113 Å². The molecule has 0 aromatic heterocycles. The van der Waals surface area contributed by atoms with E-state index in [1.807, 2.05) is 20.8 Å². The van der Waals surface area contributed by atoms with Gasteiger partial charge in [-0.2, -0.15) is 0 Å². The Hall–Kier alpha value is -0.670. The van der Waals surface area contributed by atoms with Gasteiger partial charge in [-0.25, -0.2) is 8.51 Å². The van der Waals surface area contributed by atoms with Gasteiger partial charge in [-0.1, -0.05) is 29.8 Å². The van der Waals surface area contributed by atoms with Crippen molar-refractivity contribution >= 4 is 11.0 Å². The van der Waals surface area contributed by atoms with E-state index in [0.29, 0.717) is 6.04 Å². The molecule has 2 rings (SSSR count). The first-order valence-corrected chi connectivity index (χ1v) is 7.75. The first-order chi connectivity index (χ1) is 8.39. The third kappa shape index (κ3) is 2.83. The van der Waals surface area contributed by atoms with Gasteiger partial charge in [0.2, 0.25) is 0 Å².